The minimum absolute atomic E-state index is 0.0150. The van der Waals surface area contributed by atoms with Crippen LogP contribution in [0, 0.1) is 50.2 Å². The van der Waals surface area contributed by atoms with Crippen molar-refractivity contribution >= 4 is 5.97 Å². The Morgan fingerprint density at radius 1 is 0.886 bits per heavy atom. The molecule has 5 aliphatic carbocycles. The fraction of sp³-hybridized carbons (Fsp3) is 0.906. The average Bonchev–Trinajstić information content (AvgIpc) is 2.75. The van der Waals surface area contributed by atoms with Gasteiger partial charge in [-0.1, -0.05) is 60.1 Å². The molecule has 0 heterocycles. The predicted molar refractivity (Wildman–Crippen MR) is 142 cm³/mol. The van der Waals surface area contributed by atoms with Crippen LogP contribution in [-0.4, -0.2) is 23.8 Å². The second kappa shape index (κ2) is 7.84. The zero-order valence-corrected chi connectivity index (χ0v) is 23.9. The number of hydrogen-bond acceptors (Lipinski definition) is 3. The van der Waals surface area contributed by atoms with Crippen LogP contribution in [0.3, 0.4) is 0 Å². The number of esters is 1. The zero-order valence-electron chi connectivity index (χ0n) is 23.9. The van der Waals surface area contributed by atoms with E-state index in [2.05, 4.69) is 54.5 Å². The lowest BCUT2D eigenvalue weighted by molar-refractivity contribution is -0.199. The van der Waals surface area contributed by atoms with Crippen LogP contribution >= 0.6 is 0 Å². The third-order valence-corrected chi connectivity index (χ3v) is 13.1. The number of aliphatic hydroxyl groups is 1. The van der Waals surface area contributed by atoms with E-state index in [1.165, 1.54) is 51.4 Å². The number of carbonyl (C=O) groups is 1. The number of ether oxygens (including phenoxy) is 1. The Morgan fingerprint density at radius 2 is 1.51 bits per heavy atom. The molecule has 3 heteroatoms. The molecule has 0 spiro atoms. The van der Waals surface area contributed by atoms with Gasteiger partial charge in [-0.05, 0) is 104 Å². The summed E-state index contributed by atoms with van der Waals surface area (Å²) in [5.74, 6) is 1.73. The first-order valence-electron chi connectivity index (χ1n) is 14.6. The molecule has 5 aliphatic rings. The van der Waals surface area contributed by atoms with Crippen LogP contribution in [0.15, 0.2) is 11.6 Å². The van der Waals surface area contributed by atoms with E-state index in [4.69, 9.17) is 4.74 Å². The number of aliphatic hydroxyl groups excluding tert-OH is 1. The molecule has 0 aliphatic heterocycles. The van der Waals surface area contributed by atoms with Crippen LogP contribution in [-0.2, 0) is 9.53 Å². The van der Waals surface area contributed by atoms with Crippen molar-refractivity contribution in [1.82, 2.24) is 0 Å². The van der Waals surface area contributed by atoms with Crippen molar-refractivity contribution in [3.63, 3.8) is 0 Å². The molecule has 0 saturated heterocycles. The van der Waals surface area contributed by atoms with E-state index in [9.17, 15) is 9.90 Å². The van der Waals surface area contributed by atoms with Gasteiger partial charge in [0.25, 0.3) is 0 Å². The van der Waals surface area contributed by atoms with Gasteiger partial charge in [-0.25, -0.2) is 0 Å². The molecule has 8 unspecified atom stereocenters. The van der Waals surface area contributed by atoms with E-state index in [1.807, 2.05) is 0 Å². The summed E-state index contributed by atoms with van der Waals surface area (Å²) in [6, 6.07) is 0. The first-order valence-corrected chi connectivity index (χ1v) is 14.6. The lowest BCUT2D eigenvalue weighted by Crippen LogP contribution is -2.63. The monoisotopic (exact) mass is 484 g/mol. The molecule has 4 saturated carbocycles. The molecule has 35 heavy (non-hydrogen) atoms. The third kappa shape index (κ3) is 3.48. The Labute approximate surface area is 214 Å². The van der Waals surface area contributed by atoms with Crippen LogP contribution in [0.4, 0.5) is 0 Å². The van der Waals surface area contributed by atoms with Gasteiger partial charge in [-0.15, -0.1) is 0 Å². The lowest BCUT2D eigenvalue weighted by Gasteiger charge is -2.70. The summed E-state index contributed by atoms with van der Waals surface area (Å²) in [4.78, 5) is 11.9. The molecule has 5 rings (SSSR count). The highest BCUT2D eigenvalue weighted by Crippen LogP contribution is 2.75. The lowest BCUT2D eigenvalue weighted by atomic mass is 9.34. The molecule has 0 aromatic heterocycles. The molecule has 0 aromatic carbocycles. The fourth-order valence-electron chi connectivity index (χ4n) is 11.3. The average molecular weight is 485 g/mol. The van der Waals surface area contributed by atoms with Gasteiger partial charge in [0.1, 0.15) is 6.10 Å². The van der Waals surface area contributed by atoms with Gasteiger partial charge in [0, 0.05) is 24.4 Å². The highest BCUT2D eigenvalue weighted by Gasteiger charge is 2.67. The summed E-state index contributed by atoms with van der Waals surface area (Å²) in [6.07, 6.45) is 14.6. The molecular weight excluding hydrogens is 432 g/mol. The summed E-state index contributed by atoms with van der Waals surface area (Å²) in [5, 5.41) is 10.7. The molecule has 0 radical (unpaired) electrons. The maximum atomic E-state index is 11.9. The summed E-state index contributed by atoms with van der Waals surface area (Å²) in [7, 11) is 0. The fourth-order valence-corrected chi connectivity index (χ4v) is 11.3. The van der Waals surface area contributed by atoms with Gasteiger partial charge >= 0.3 is 5.97 Å². The maximum Gasteiger partial charge on any atom is 0.302 e. The van der Waals surface area contributed by atoms with Gasteiger partial charge in [0.05, 0.1) is 0 Å². The van der Waals surface area contributed by atoms with Gasteiger partial charge < -0.3 is 9.84 Å². The van der Waals surface area contributed by atoms with Gasteiger partial charge in [-0.2, -0.15) is 0 Å². The van der Waals surface area contributed by atoms with Crippen LogP contribution in [0.5, 0.6) is 0 Å². The number of fused-ring (bicyclic) bond motifs is 7. The third-order valence-electron chi connectivity index (χ3n) is 13.1. The number of carbonyl (C=O) groups excluding carboxylic acids is 1. The number of rotatable bonds is 2. The first-order chi connectivity index (χ1) is 16.1. The Hall–Kier alpha value is -0.830. The number of hydrogen-bond donors (Lipinski definition) is 1. The van der Waals surface area contributed by atoms with Gasteiger partial charge in [0.2, 0.25) is 0 Å². The molecule has 3 nitrogen and oxygen atoms in total. The summed E-state index contributed by atoms with van der Waals surface area (Å²) >= 11 is 0. The normalized spacial score (nSPS) is 50.0. The molecule has 0 amide bonds. The molecule has 4 fully saturated rings. The van der Waals surface area contributed by atoms with E-state index >= 15 is 0 Å². The second-order valence-corrected chi connectivity index (χ2v) is 15.7. The summed E-state index contributed by atoms with van der Waals surface area (Å²) in [6.45, 7) is 19.4. The quantitative estimate of drug-likeness (QED) is 0.322. The molecule has 8 atom stereocenters. The van der Waals surface area contributed by atoms with Crippen molar-refractivity contribution in [2.45, 2.75) is 126 Å². The molecular formula is C32H52O3. The van der Waals surface area contributed by atoms with Crippen LogP contribution in [0.25, 0.3) is 0 Å². The second-order valence-electron chi connectivity index (χ2n) is 15.7. The van der Waals surface area contributed by atoms with E-state index < -0.39 is 0 Å². The highest BCUT2D eigenvalue weighted by atomic mass is 16.5. The van der Waals surface area contributed by atoms with Crippen molar-refractivity contribution in [3.05, 3.63) is 11.6 Å². The summed E-state index contributed by atoms with van der Waals surface area (Å²) in [5.41, 5.74) is 2.96. The SMILES string of the molecule is CC(=O)OC1CCC2(C)C3CCC4(C)C(=CCC5(CO)CCC(C)(C)CC54)C3(C)CCC2C1(C)C. The van der Waals surface area contributed by atoms with Crippen LogP contribution in [0.2, 0.25) is 0 Å². The Balaban J connectivity index is 1.52. The minimum Gasteiger partial charge on any atom is -0.462 e. The molecule has 198 valence electrons. The van der Waals surface area contributed by atoms with Crippen molar-refractivity contribution < 1.29 is 14.6 Å². The Kier molecular flexibility index (Phi) is 5.78. The van der Waals surface area contributed by atoms with E-state index in [-0.39, 0.29) is 39.1 Å². The van der Waals surface area contributed by atoms with E-state index in [0.29, 0.717) is 29.8 Å². The first kappa shape index (κ1) is 25.8. The zero-order chi connectivity index (χ0) is 25.7. The van der Waals surface area contributed by atoms with Crippen LogP contribution in [0.1, 0.15) is 120 Å². The van der Waals surface area contributed by atoms with Crippen molar-refractivity contribution in [2.24, 2.45) is 50.2 Å². The van der Waals surface area contributed by atoms with E-state index in [0.717, 1.165) is 12.8 Å². The van der Waals surface area contributed by atoms with Crippen molar-refractivity contribution in [1.29, 1.82) is 0 Å². The standard InChI is InChI=1S/C32H52O3/c1-21(34)35-26-12-15-29(6)22(28(26,4)5)9-13-30(7)23(29)10-14-31(8)24(30)11-16-32(20-33)18-17-27(2,3)19-25(31)32/h11,22-23,25-26,33H,9-10,12-20H2,1-8H3. The predicted octanol–water partition coefficient (Wildman–Crippen LogP) is 7.71. The number of allylic oxidation sites excluding steroid dienone is 2. The molecule has 0 bridgehead atoms. The van der Waals surface area contributed by atoms with Crippen molar-refractivity contribution in [2.75, 3.05) is 6.61 Å². The van der Waals surface area contributed by atoms with Gasteiger partial charge in [-0.3, -0.25) is 4.79 Å². The maximum absolute atomic E-state index is 11.9. The molecule has 0 aromatic rings. The largest absolute Gasteiger partial charge is 0.462 e. The van der Waals surface area contributed by atoms with Gasteiger partial charge in [0.15, 0.2) is 0 Å². The highest BCUT2D eigenvalue weighted by molar-refractivity contribution is 5.66. The Morgan fingerprint density at radius 3 is 2.14 bits per heavy atom. The summed E-state index contributed by atoms with van der Waals surface area (Å²) < 4.78 is 5.89. The topological polar surface area (TPSA) is 46.5 Å². The van der Waals surface area contributed by atoms with E-state index in [1.54, 1.807) is 12.5 Å². The minimum atomic E-state index is -0.129. The van der Waals surface area contributed by atoms with Crippen molar-refractivity contribution in [3.8, 4) is 0 Å². The Bertz CT molecular complexity index is 916. The molecule has 1 N–H and O–H groups in total. The van der Waals surface area contributed by atoms with Crippen LogP contribution < -0.4 is 0 Å². The smallest absolute Gasteiger partial charge is 0.302 e.